The quantitative estimate of drug-likeness (QED) is 0.796. The largest absolute Gasteiger partial charge is 0.449 e. The molecule has 2 amide bonds. The minimum absolute atomic E-state index is 0.00901. The predicted octanol–water partition coefficient (Wildman–Crippen LogP) is 2.50. The highest BCUT2D eigenvalue weighted by molar-refractivity contribution is 5.79. The zero-order valence-electron chi connectivity index (χ0n) is 16.0. The van der Waals surface area contributed by atoms with Crippen LogP contribution in [0.4, 0.5) is 4.79 Å². The lowest BCUT2D eigenvalue weighted by atomic mass is 9.83. The van der Waals surface area contributed by atoms with Crippen LogP contribution in [0.25, 0.3) is 0 Å². The Morgan fingerprint density at radius 1 is 1.20 bits per heavy atom. The fraction of sp³-hybridized carbons (Fsp3) is 0.895. The summed E-state index contributed by atoms with van der Waals surface area (Å²) in [6, 6.07) is 0. The van der Waals surface area contributed by atoms with Crippen LogP contribution in [0, 0.1) is 17.3 Å². The van der Waals surface area contributed by atoms with Gasteiger partial charge in [-0.05, 0) is 31.6 Å². The Bertz CT molecular complexity index is 460. The van der Waals surface area contributed by atoms with E-state index >= 15 is 0 Å². The van der Waals surface area contributed by atoms with E-state index in [0.29, 0.717) is 45.0 Å². The number of carbonyl (C=O) groups excluding carboxylic acids is 2. The molecule has 1 N–H and O–H groups in total. The van der Waals surface area contributed by atoms with Gasteiger partial charge in [0.2, 0.25) is 5.91 Å². The number of rotatable bonds is 6. The van der Waals surface area contributed by atoms with Crippen molar-refractivity contribution >= 4 is 12.0 Å². The molecule has 0 aromatic carbocycles. The summed E-state index contributed by atoms with van der Waals surface area (Å²) in [7, 11) is 0. The number of likely N-dealkylation sites (tertiary alicyclic amines) is 2. The number of hydrogen-bond donors (Lipinski definition) is 1. The number of ether oxygens (including phenoxy) is 1. The molecule has 2 fully saturated rings. The highest BCUT2D eigenvalue weighted by Crippen LogP contribution is 2.36. The van der Waals surface area contributed by atoms with Gasteiger partial charge in [0.15, 0.2) is 0 Å². The van der Waals surface area contributed by atoms with Crippen molar-refractivity contribution in [3.63, 3.8) is 0 Å². The van der Waals surface area contributed by atoms with Crippen LogP contribution in [0.3, 0.4) is 0 Å². The summed E-state index contributed by atoms with van der Waals surface area (Å²) < 4.78 is 5.27. The van der Waals surface area contributed by atoms with Crippen LogP contribution in [0.15, 0.2) is 0 Å². The summed E-state index contributed by atoms with van der Waals surface area (Å²) in [5.74, 6) is 0.514. The fourth-order valence-corrected chi connectivity index (χ4v) is 3.96. The first-order valence-electron chi connectivity index (χ1n) is 9.72. The standard InChI is InChI=1S/C19H34N2O4/c1-4-7-19(14-22)8-11-21(13-19)17(23)16-5-9-20(10-6-16)18(24)25-12-15(2)3/h15-16,22H,4-14H2,1-3H3. The summed E-state index contributed by atoms with van der Waals surface area (Å²) >= 11 is 0. The first-order valence-corrected chi connectivity index (χ1v) is 9.72. The Kier molecular flexibility index (Phi) is 7.11. The second kappa shape index (κ2) is 8.88. The summed E-state index contributed by atoms with van der Waals surface area (Å²) in [4.78, 5) is 28.5. The van der Waals surface area contributed by atoms with Gasteiger partial charge in [-0.15, -0.1) is 0 Å². The lowest BCUT2D eigenvalue weighted by Crippen LogP contribution is -2.44. The molecule has 0 aromatic heterocycles. The first kappa shape index (κ1) is 20.0. The van der Waals surface area contributed by atoms with E-state index in [-0.39, 0.29) is 29.9 Å². The highest BCUT2D eigenvalue weighted by Gasteiger charge is 2.41. The average Bonchev–Trinajstić information content (AvgIpc) is 3.04. The van der Waals surface area contributed by atoms with Gasteiger partial charge in [-0.3, -0.25) is 4.79 Å². The molecule has 0 bridgehead atoms. The fourth-order valence-electron chi connectivity index (χ4n) is 3.96. The Morgan fingerprint density at radius 2 is 1.88 bits per heavy atom. The number of amides is 2. The first-order chi connectivity index (χ1) is 11.9. The molecule has 0 spiro atoms. The third-order valence-electron chi connectivity index (χ3n) is 5.51. The van der Waals surface area contributed by atoms with Crippen LogP contribution in [-0.2, 0) is 9.53 Å². The Labute approximate surface area is 151 Å². The number of hydrogen-bond acceptors (Lipinski definition) is 4. The van der Waals surface area contributed by atoms with Crippen molar-refractivity contribution in [1.29, 1.82) is 0 Å². The van der Waals surface area contributed by atoms with E-state index < -0.39 is 0 Å². The molecule has 1 atom stereocenters. The van der Waals surface area contributed by atoms with Crippen LogP contribution < -0.4 is 0 Å². The molecule has 2 rings (SSSR count). The van der Waals surface area contributed by atoms with Crippen molar-refractivity contribution < 1.29 is 19.4 Å². The summed E-state index contributed by atoms with van der Waals surface area (Å²) in [5.41, 5.74) is -0.105. The molecule has 1 unspecified atom stereocenters. The summed E-state index contributed by atoms with van der Waals surface area (Å²) in [5, 5.41) is 9.75. The van der Waals surface area contributed by atoms with E-state index in [4.69, 9.17) is 4.74 Å². The van der Waals surface area contributed by atoms with E-state index in [1.54, 1.807) is 4.90 Å². The molecular weight excluding hydrogens is 320 g/mol. The van der Waals surface area contributed by atoms with Gasteiger partial charge < -0.3 is 19.6 Å². The lowest BCUT2D eigenvalue weighted by molar-refractivity contribution is -0.136. The van der Waals surface area contributed by atoms with Gasteiger partial charge in [-0.1, -0.05) is 27.2 Å². The number of nitrogens with zero attached hydrogens (tertiary/aromatic N) is 2. The van der Waals surface area contributed by atoms with Crippen LogP contribution in [0.1, 0.15) is 52.9 Å². The minimum Gasteiger partial charge on any atom is -0.449 e. The molecule has 144 valence electrons. The van der Waals surface area contributed by atoms with Crippen molar-refractivity contribution in [3.8, 4) is 0 Å². The van der Waals surface area contributed by atoms with Gasteiger partial charge in [-0.25, -0.2) is 4.79 Å². The zero-order chi connectivity index (χ0) is 18.4. The molecule has 0 saturated carbocycles. The van der Waals surface area contributed by atoms with Crippen molar-refractivity contribution in [2.24, 2.45) is 17.3 Å². The van der Waals surface area contributed by atoms with E-state index in [2.05, 4.69) is 6.92 Å². The Balaban J connectivity index is 1.81. The van der Waals surface area contributed by atoms with Crippen molar-refractivity contribution in [2.45, 2.75) is 52.9 Å². The maximum atomic E-state index is 12.8. The number of aliphatic hydroxyl groups excluding tert-OH is 1. The molecule has 6 heteroatoms. The smallest absolute Gasteiger partial charge is 0.409 e. The van der Waals surface area contributed by atoms with E-state index in [0.717, 1.165) is 25.8 Å². The third-order valence-corrected chi connectivity index (χ3v) is 5.51. The van der Waals surface area contributed by atoms with Gasteiger partial charge in [0.1, 0.15) is 0 Å². The number of piperidine rings is 1. The van der Waals surface area contributed by atoms with Gasteiger partial charge in [0.05, 0.1) is 13.2 Å². The maximum Gasteiger partial charge on any atom is 0.409 e. The maximum absolute atomic E-state index is 12.8. The van der Waals surface area contributed by atoms with Gasteiger partial charge in [0.25, 0.3) is 0 Å². The van der Waals surface area contributed by atoms with E-state index in [1.807, 2.05) is 18.7 Å². The predicted molar refractivity (Wildman–Crippen MR) is 96.1 cm³/mol. The van der Waals surface area contributed by atoms with Crippen molar-refractivity contribution in [2.75, 3.05) is 39.4 Å². The molecule has 2 saturated heterocycles. The SMILES string of the molecule is CCCC1(CO)CCN(C(=O)C2CCN(C(=O)OCC(C)C)CC2)C1. The average molecular weight is 354 g/mol. The van der Waals surface area contributed by atoms with E-state index in [1.165, 1.54) is 0 Å². The van der Waals surface area contributed by atoms with Gasteiger partial charge >= 0.3 is 6.09 Å². The third kappa shape index (κ3) is 5.09. The topological polar surface area (TPSA) is 70.1 Å². The monoisotopic (exact) mass is 354 g/mol. The van der Waals surface area contributed by atoms with E-state index in [9.17, 15) is 14.7 Å². The molecule has 0 aromatic rings. The van der Waals surface area contributed by atoms with Crippen molar-refractivity contribution in [1.82, 2.24) is 9.80 Å². The molecule has 0 radical (unpaired) electrons. The Morgan fingerprint density at radius 3 is 2.44 bits per heavy atom. The lowest BCUT2D eigenvalue weighted by Gasteiger charge is -2.33. The summed E-state index contributed by atoms with van der Waals surface area (Å²) in [6.45, 7) is 9.33. The Hall–Kier alpha value is -1.30. The van der Waals surface area contributed by atoms with Gasteiger partial charge in [-0.2, -0.15) is 0 Å². The van der Waals surface area contributed by atoms with Crippen LogP contribution in [0.5, 0.6) is 0 Å². The molecule has 6 nitrogen and oxygen atoms in total. The molecule has 2 heterocycles. The number of aliphatic hydroxyl groups is 1. The zero-order valence-corrected chi connectivity index (χ0v) is 16.0. The molecule has 0 aliphatic carbocycles. The highest BCUT2D eigenvalue weighted by atomic mass is 16.6. The van der Waals surface area contributed by atoms with Crippen molar-refractivity contribution in [3.05, 3.63) is 0 Å². The second-order valence-electron chi connectivity index (χ2n) is 8.15. The molecule has 25 heavy (non-hydrogen) atoms. The molecule has 2 aliphatic heterocycles. The second-order valence-corrected chi connectivity index (χ2v) is 8.15. The van der Waals surface area contributed by atoms with Crippen LogP contribution >= 0.6 is 0 Å². The summed E-state index contributed by atoms with van der Waals surface area (Å²) in [6.07, 6.45) is 4.02. The van der Waals surface area contributed by atoms with Crippen LogP contribution in [0.2, 0.25) is 0 Å². The number of carbonyl (C=O) groups is 2. The molecular formula is C19H34N2O4. The van der Waals surface area contributed by atoms with Gasteiger partial charge in [0, 0.05) is 37.5 Å². The minimum atomic E-state index is -0.261. The van der Waals surface area contributed by atoms with Crippen LogP contribution in [-0.4, -0.2) is 66.3 Å². The molecule has 2 aliphatic rings. The normalized spacial score (nSPS) is 24.8.